The van der Waals surface area contributed by atoms with Gasteiger partial charge in [-0.1, -0.05) is 17.7 Å². The fourth-order valence-electron chi connectivity index (χ4n) is 3.56. The molecule has 0 unspecified atom stereocenters. The molecule has 1 fully saturated rings. The summed E-state index contributed by atoms with van der Waals surface area (Å²) in [5, 5.41) is 6.47. The van der Waals surface area contributed by atoms with Crippen LogP contribution in [0.5, 0.6) is 0 Å². The van der Waals surface area contributed by atoms with Gasteiger partial charge in [-0.3, -0.25) is 14.5 Å². The predicted octanol–water partition coefficient (Wildman–Crippen LogP) is 3.93. The van der Waals surface area contributed by atoms with Crippen LogP contribution in [0.2, 0.25) is 5.02 Å². The smallest absolute Gasteiger partial charge is 0.309 e. The number of amides is 1. The maximum Gasteiger partial charge on any atom is 0.309 e. The van der Waals surface area contributed by atoms with Gasteiger partial charge in [-0.05, 0) is 42.5 Å². The summed E-state index contributed by atoms with van der Waals surface area (Å²) in [6.45, 7) is 4.01. The van der Waals surface area contributed by atoms with E-state index in [9.17, 15) is 14.0 Å². The van der Waals surface area contributed by atoms with Crippen molar-refractivity contribution in [2.45, 2.75) is 6.42 Å². The van der Waals surface area contributed by atoms with Crippen molar-refractivity contribution in [2.75, 3.05) is 50.1 Å². The monoisotopic (exact) mass is 513 g/mol. The van der Waals surface area contributed by atoms with Crippen molar-refractivity contribution in [3.8, 4) is 0 Å². The molecule has 1 aromatic heterocycles. The predicted molar refractivity (Wildman–Crippen MR) is 135 cm³/mol. The molecule has 1 aliphatic heterocycles. The Labute approximate surface area is 212 Å². The summed E-state index contributed by atoms with van der Waals surface area (Å²) in [6.07, 6.45) is 4.14. The largest absolute Gasteiger partial charge is 0.464 e. The Kier molecular flexibility index (Phi) is 8.77. The van der Waals surface area contributed by atoms with Crippen molar-refractivity contribution >= 4 is 51.6 Å². The Morgan fingerprint density at radius 1 is 1.14 bits per heavy atom. The van der Waals surface area contributed by atoms with E-state index >= 15 is 0 Å². The highest BCUT2D eigenvalue weighted by molar-refractivity contribution is 6.31. The number of nitrogens with zero attached hydrogens (tertiary/aromatic N) is 3. The standard InChI is InChI=1S/C25H25ClFN5O4/c26-20-15-18(4-6-21(20)27)31-25-19-14-17(5-7-22(19)28-16-29-25)30-23(33)2-1-3-24(34)36-13-10-32-8-11-35-12-9-32/h1-2,4-7,14-16H,3,8-13H2,(H,30,33)(H,28,29,31). The van der Waals surface area contributed by atoms with Gasteiger partial charge in [0, 0.05) is 36.4 Å². The summed E-state index contributed by atoms with van der Waals surface area (Å²) in [5.41, 5.74) is 1.71. The number of carbonyl (C=O) groups is 2. The summed E-state index contributed by atoms with van der Waals surface area (Å²) in [7, 11) is 0. The highest BCUT2D eigenvalue weighted by atomic mass is 35.5. The second kappa shape index (κ2) is 12.4. The van der Waals surface area contributed by atoms with Crippen molar-refractivity contribution in [3.63, 3.8) is 0 Å². The molecule has 0 radical (unpaired) electrons. The third kappa shape index (κ3) is 7.20. The molecule has 1 amide bonds. The molecule has 0 atom stereocenters. The lowest BCUT2D eigenvalue weighted by Crippen LogP contribution is -2.38. The van der Waals surface area contributed by atoms with Crippen LogP contribution in [-0.4, -0.2) is 66.2 Å². The molecule has 188 valence electrons. The van der Waals surface area contributed by atoms with Crippen molar-refractivity contribution < 1.29 is 23.5 Å². The normalized spacial score (nSPS) is 14.2. The number of halogens is 2. The number of anilines is 3. The van der Waals surface area contributed by atoms with Crippen molar-refractivity contribution in [1.82, 2.24) is 14.9 Å². The Bertz CT molecular complexity index is 1270. The number of esters is 1. The second-order valence-electron chi connectivity index (χ2n) is 7.98. The van der Waals surface area contributed by atoms with E-state index in [0.29, 0.717) is 54.5 Å². The molecule has 2 N–H and O–H groups in total. The van der Waals surface area contributed by atoms with Gasteiger partial charge in [0.2, 0.25) is 5.91 Å². The van der Waals surface area contributed by atoms with E-state index in [1.165, 1.54) is 30.6 Å². The number of aromatic nitrogens is 2. The molecule has 0 aliphatic carbocycles. The second-order valence-corrected chi connectivity index (χ2v) is 8.39. The van der Waals surface area contributed by atoms with E-state index < -0.39 is 17.7 Å². The lowest BCUT2D eigenvalue weighted by molar-refractivity contribution is -0.143. The van der Waals surface area contributed by atoms with Gasteiger partial charge in [0.05, 0.1) is 30.2 Å². The fourth-order valence-corrected chi connectivity index (χ4v) is 3.74. The van der Waals surface area contributed by atoms with Crippen LogP contribution in [0.15, 0.2) is 54.9 Å². The molecule has 11 heteroatoms. The molecule has 1 aliphatic rings. The van der Waals surface area contributed by atoms with Gasteiger partial charge in [0.1, 0.15) is 24.6 Å². The summed E-state index contributed by atoms with van der Waals surface area (Å²) >= 11 is 5.86. The molecular weight excluding hydrogens is 489 g/mol. The first-order valence-corrected chi connectivity index (χ1v) is 11.8. The number of rotatable bonds is 9. The Balaban J connectivity index is 1.31. The third-order valence-corrected chi connectivity index (χ3v) is 5.70. The van der Waals surface area contributed by atoms with Gasteiger partial charge in [0.15, 0.2) is 0 Å². The molecule has 1 saturated heterocycles. The van der Waals surface area contributed by atoms with E-state index in [0.717, 1.165) is 13.1 Å². The van der Waals surface area contributed by atoms with Crippen LogP contribution in [-0.2, 0) is 19.1 Å². The highest BCUT2D eigenvalue weighted by Crippen LogP contribution is 2.27. The number of hydrogen-bond donors (Lipinski definition) is 2. The first kappa shape index (κ1) is 25.5. The topological polar surface area (TPSA) is 106 Å². The minimum absolute atomic E-state index is 0.00358. The van der Waals surface area contributed by atoms with E-state index in [2.05, 4.69) is 25.5 Å². The number of morpholine rings is 1. The Morgan fingerprint density at radius 3 is 2.75 bits per heavy atom. The zero-order valence-electron chi connectivity index (χ0n) is 19.4. The van der Waals surface area contributed by atoms with Gasteiger partial charge in [-0.2, -0.15) is 0 Å². The van der Waals surface area contributed by atoms with Crippen LogP contribution < -0.4 is 10.6 Å². The number of benzene rings is 2. The summed E-state index contributed by atoms with van der Waals surface area (Å²) in [4.78, 5) is 34.9. The van der Waals surface area contributed by atoms with Crippen molar-refractivity contribution in [1.29, 1.82) is 0 Å². The Hall–Kier alpha value is -3.60. The molecule has 3 aromatic rings. The average molecular weight is 514 g/mol. The van der Waals surface area contributed by atoms with E-state index in [1.54, 1.807) is 24.3 Å². The zero-order chi connectivity index (χ0) is 25.3. The van der Waals surface area contributed by atoms with Gasteiger partial charge < -0.3 is 20.1 Å². The quantitative estimate of drug-likeness (QED) is 0.327. The maximum absolute atomic E-state index is 13.5. The number of nitrogens with one attached hydrogen (secondary N) is 2. The highest BCUT2D eigenvalue weighted by Gasteiger charge is 2.11. The molecule has 0 spiro atoms. The molecule has 0 saturated carbocycles. The van der Waals surface area contributed by atoms with Crippen LogP contribution in [0.4, 0.5) is 21.6 Å². The number of hydrogen-bond acceptors (Lipinski definition) is 8. The van der Waals surface area contributed by atoms with Gasteiger partial charge >= 0.3 is 5.97 Å². The van der Waals surface area contributed by atoms with Gasteiger partial charge in [-0.15, -0.1) is 0 Å². The lowest BCUT2D eigenvalue weighted by Gasteiger charge is -2.26. The van der Waals surface area contributed by atoms with Crippen LogP contribution >= 0.6 is 11.6 Å². The first-order valence-electron chi connectivity index (χ1n) is 11.4. The lowest BCUT2D eigenvalue weighted by atomic mass is 10.2. The van der Waals surface area contributed by atoms with Crippen LogP contribution in [0.1, 0.15) is 6.42 Å². The van der Waals surface area contributed by atoms with Crippen LogP contribution in [0, 0.1) is 5.82 Å². The minimum Gasteiger partial charge on any atom is -0.464 e. The van der Waals surface area contributed by atoms with Crippen molar-refractivity contribution in [3.05, 3.63) is 65.7 Å². The van der Waals surface area contributed by atoms with Crippen LogP contribution in [0.25, 0.3) is 10.9 Å². The van der Waals surface area contributed by atoms with Gasteiger partial charge in [-0.25, -0.2) is 14.4 Å². The molecule has 2 aromatic carbocycles. The van der Waals surface area contributed by atoms with Crippen molar-refractivity contribution in [2.24, 2.45) is 0 Å². The maximum atomic E-state index is 13.5. The van der Waals surface area contributed by atoms with Gasteiger partial charge in [0.25, 0.3) is 0 Å². The average Bonchev–Trinajstić information content (AvgIpc) is 2.87. The summed E-state index contributed by atoms with van der Waals surface area (Å²) in [6, 6.07) is 9.42. The molecule has 36 heavy (non-hydrogen) atoms. The number of ether oxygens (including phenoxy) is 2. The molecule has 0 bridgehead atoms. The van der Waals surface area contributed by atoms with Crippen LogP contribution in [0.3, 0.4) is 0 Å². The summed E-state index contributed by atoms with van der Waals surface area (Å²) in [5.74, 6) is -0.845. The summed E-state index contributed by atoms with van der Waals surface area (Å²) < 4.78 is 24.0. The third-order valence-electron chi connectivity index (χ3n) is 5.41. The Morgan fingerprint density at radius 2 is 1.94 bits per heavy atom. The molecule has 4 rings (SSSR count). The van der Waals surface area contributed by atoms with E-state index in [4.69, 9.17) is 21.1 Å². The molecule has 9 nitrogen and oxygen atoms in total. The fraction of sp³-hybridized carbons (Fsp3) is 0.280. The van der Waals surface area contributed by atoms with E-state index in [1.807, 2.05) is 0 Å². The molecule has 2 heterocycles. The first-order chi connectivity index (χ1) is 17.5. The zero-order valence-corrected chi connectivity index (χ0v) is 20.1. The minimum atomic E-state index is -0.519. The molecular formula is C25H25ClFN5O4. The number of carbonyl (C=O) groups excluding carboxylic acids is 2. The number of fused-ring (bicyclic) bond motifs is 1. The van der Waals surface area contributed by atoms with E-state index in [-0.39, 0.29) is 11.4 Å². The SMILES string of the molecule is O=C(C=CCC(=O)OCCN1CCOCC1)Nc1ccc2ncnc(Nc3ccc(F)c(Cl)c3)c2c1.